The van der Waals surface area contributed by atoms with Crippen molar-refractivity contribution in [2.45, 2.75) is 13.8 Å². The number of benzene rings is 2. The molecule has 6 heteroatoms. The SMILES string of the molecule is CC1=Nc2ccccc2/C1=C/c1c(O)n(-c2ccc(C)cc2)c(=S)[nH]c1=O. The van der Waals surface area contributed by atoms with Crippen molar-refractivity contribution in [3.05, 3.63) is 80.3 Å². The maximum Gasteiger partial charge on any atom is 0.262 e. The van der Waals surface area contributed by atoms with Crippen molar-refractivity contribution in [3.63, 3.8) is 0 Å². The van der Waals surface area contributed by atoms with Gasteiger partial charge in [-0.3, -0.25) is 19.3 Å². The second-order valence-corrected chi connectivity index (χ2v) is 6.83. The molecule has 0 atom stereocenters. The van der Waals surface area contributed by atoms with Crippen molar-refractivity contribution in [1.82, 2.24) is 9.55 Å². The Morgan fingerprint density at radius 3 is 2.56 bits per heavy atom. The van der Waals surface area contributed by atoms with Gasteiger partial charge in [0, 0.05) is 16.8 Å². The lowest BCUT2D eigenvalue weighted by Gasteiger charge is -2.12. The van der Waals surface area contributed by atoms with E-state index in [2.05, 4.69) is 9.98 Å². The van der Waals surface area contributed by atoms with Crippen LogP contribution in [0.15, 0.2) is 58.3 Å². The first-order valence-electron chi connectivity index (χ1n) is 8.48. The Bertz CT molecular complexity index is 1230. The van der Waals surface area contributed by atoms with Crippen molar-refractivity contribution in [3.8, 4) is 11.6 Å². The number of aryl methyl sites for hydroxylation is 1. The molecule has 1 aliphatic heterocycles. The predicted molar refractivity (Wildman–Crippen MR) is 111 cm³/mol. The maximum absolute atomic E-state index is 12.5. The standard InChI is InChI=1S/C21H17N3O2S/c1-12-7-9-14(10-8-12)24-20(26)17(19(25)23-21(24)27)11-16-13(2)22-18-6-4-3-5-15(16)18/h3-11,26H,1-2H3,(H,23,25,27)/b16-11+. The Morgan fingerprint density at radius 1 is 1.11 bits per heavy atom. The maximum atomic E-state index is 12.5. The van der Waals surface area contributed by atoms with Gasteiger partial charge in [0.05, 0.1) is 11.4 Å². The molecule has 134 valence electrons. The van der Waals surface area contributed by atoms with Crippen LogP contribution in [0, 0.1) is 11.7 Å². The van der Waals surface area contributed by atoms with E-state index in [-0.39, 0.29) is 16.2 Å². The molecule has 3 aromatic rings. The molecular weight excluding hydrogens is 358 g/mol. The molecule has 0 aliphatic carbocycles. The molecule has 1 aliphatic rings. The van der Waals surface area contributed by atoms with E-state index < -0.39 is 5.56 Å². The zero-order chi connectivity index (χ0) is 19.1. The summed E-state index contributed by atoms with van der Waals surface area (Å²) in [6.07, 6.45) is 1.66. The largest absolute Gasteiger partial charge is 0.494 e. The van der Waals surface area contributed by atoms with E-state index in [4.69, 9.17) is 12.2 Å². The molecule has 0 saturated carbocycles. The topological polar surface area (TPSA) is 70.4 Å². The third-order valence-electron chi connectivity index (χ3n) is 4.57. The van der Waals surface area contributed by atoms with Crippen molar-refractivity contribution >= 4 is 35.3 Å². The molecule has 0 fully saturated rings. The molecule has 1 aromatic heterocycles. The van der Waals surface area contributed by atoms with Crippen LogP contribution in [0.2, 0.25) is 0 Å². The van der Waals surface area contributed by atoms with Crippen LogP contribution in [0.4, 0.5) is 5.69 Å². The zero-order valence-electron chi connectivity index (χ0n) is 14.9. The van der Waals surface area contributed by atoms with Crippen LogP contribution in [-0.2, 0) is 0 Å². The Kier molecular flexibility index (Phi) is 4.12. The number of allylic oxidation sites excluding steroid dienone is 1. The summed E-state index contributed by atoms with van der Waals surface area (Å²) in [6, 6.07) is 15.2. The van der Waals surface area contributed by atoms with E-state index in [1.807, 2.05) is 62.4 Å². The number of hydrogen-bond acceptors (Lipinski definition) is 4. The van der Waals surface area contributed by atoms with Gasteiger partial charge in [-0.05, 0) is 50.3 Å². The quantitative estimate of drug-likeness (QED) is 0.645. The zero-order valence-corrected chi connectivity index (χ0v) is 15.7. The number of hydrogen-bond donors (Lipinski definition) is 2. The number of fused-ring (bicyclic) bond motifs is 1. The van der Waals surface area contributed by atoms with Crippen molar-refractivity contribution < 1.29 is 5.11 Å². The molecule has 0 spiro atoms. The summed E-state index contributed by atoms with van der Waals surface area (Å²) in [4.78, 5) is 19.7. The first-order valence-corrected chi connectivity index (χ1v) is 8.88. The second-order valence-electron chi connectivity index (χ2n) is 6.44. The Labute approximate surface area is 161 Å². The monoisotopic (exact) mass is 375 g/mol. The molecule has 2 aromatic carbocycles. The van der Waals surface area contributed by atoms with Gasteiger partial charge in [0.15, 0.2) is 4.77 Å². The minimum Gasteiger partial charge on any atom is -0.494 e. The Hall–Kier alpha value is -3.25. The molecule has 0 bridgehead atoms. The molecule has 27 heavy (non-hydrogen) atoms. The van der Waals surface area contributed by atoms with Gasteiger partial charge in [0.2, 0.25) is 5.88 Å². The average molecular weight is 375 g/mol. The van der Waals surface area contributed by atoms with Gasteiger partial charge in [0.25, 0.3) is 5.56 Å². The lowest BCUT2D eigenvalue weighted by Crippen LogP contribution is -2.16. The molecule has 0 amide bonds. The highest BCUT2D eigenvalue weighted by atomic mass is 32.1. The summed E-state index contributed by atoms with van der Waals surface area (Å²) in [6.45, 7) is 3.86. The average Bonchev–Trinajstić information content (AvgIpc) is 2.95. The van der Waals surface area contributed by atoms with Crippen LogP contribution >= 0.6 is 12.2 Å². The summed E-state index contributed by atoms with van der Waals surface area (Å²) in [5.41, 5.74) is 4.85. The molecule has 0 radical (unpaired) electrons. The van der Waals surface area contributed by atoms with Crippen molar-refractivity contribution in [1.29, 1.82) is 0 Å². The number of aromatic hydroxyl groups is 1. The third kappa shape index (κ3) is 2.94. The highest BCUT2D eigenvalue weighted by molar-refractivity contribution is 7.71. The minimum absolute atomic E-state index is 0.140. The molecule has 5 nitrogen and oxygen atoms in total. The molecule has 0 unspecified atom stereocenters. The van der Waals surface area contributed by atoms with Crippen molar-refractivity contribution in [2.24, 2.45) is 4.99 Å². The van der Waals surface area contributed by atoms with E-state index in [0.29, 0.717) is 5.69 Å². The third-order valence-corrected chi connectivity index (χ3v) is 4.86. The number of aliphatic imine (C=N–C) groups is 1. The van der Waals surface area contributed by atoms with Gasteiger partial charge < -0.3 is 5.11 Å². The van der Waals surface area contributed by atoms with E-state index in [1.54, 1.807) is 6.08 Å². The smallest absolute Gasteiger partial charge is 0.262 e. The van der Waals surface area contributed by atoms with Gasteiger partial charge in [-0.2, -0.15) is 0 Å². The Balaban J connectivity index is 1.94. The molecule has 2 N–H and O–H groups in total. The molecule has 2 heterocycles. The van der Waals surface area contributed by atoms with Crippen molar-refractivity contribution in [2.75, 3.05) is 0 Å². The molecular formula is C21H17N3O2S. The van der Waals surface area contributed by atoms with Crippen LogP contribution in [0.1, 0.15) is 23.6 Å². The van der Waals surface area contributed by atoms with Gasteiger partial charge in [-0.1, -0.05) is 35.9 Å². The lowest BCUT2D eigenvalue weighted by atomic mass is 10.0. The van der Waals surface area contributed by atoms with Gasteiger partial charge in [-0.15, -0.1) is 0 Å². The number of nitrogens with zero attached hydrogens (tertiary/aromatic N) is 2. The second kappa shape index (κ2) is 6.48. The highest BCUT2D eigenvalue weighted by Crippen LogP contribution is 2.36. The summed E-state index contributed by atoms with van der Waals surface area (Å²) in [5.74, 6) is -0.197. The summed E-state index contributed by atoms with van der Waals surface area (Å²) in [5, 5.41) is 10.9. The van der Waals surface area contributed by atoms with Crippen LogP contribution in [0.3, 0.4) is 0 Å². The fourth-order valence-corrected chi connectivity index (χ4v) is 3.45. The molecule has 4 rings (SSSR count). The number of rotatable bonds is 2. The summed E-state index contributed by atoms with van der Waals surface area (Å²) < 4.78 is 1.59. The fourth-order valence-electron chi connectivity index (χ4n) is 3.16. The minimum atomic E-state index is -0.439. The van der Waals surface area contributed by atoms with E-state index in [1.165, 1.54) is 4.57 Å². The van der Waals surface area contributed by atoms with E-state index >= 15 is 0 Å². The van der Waals surface area contributed by atoms with E-state index in [9.17, 15) is 9.90 Å². The first-order chi connectivity index (χ1) is 13.0. The summed E-state index contributed by atoms with van der Waals surface area (Å²) >= 11 is 5.27. The van der Waals surface area contributed by atoms with Crippen LogP contribution in [-0.4, -0.2) is 20.4 Å². The van der Waals surface area contributed by atoms with Crippen LogP contribution in [0.5, 0.6) is 5.88 Å². The highest BCUT2D eigenvalue weighted by Gasteiger charge is 2.20. The number of nitrogens with one attached hydrogen (secondary N) is 1. The number of H-pyrrole nitrogens is 1. The number of aromatic nitrogens is 2. The van der Waals surface area contributed by atoms with Crippen LogP contribution in [0.25, 0.3) is 17.3 Å². The number of aromatic amines is 1. The number of para-hydroxylation sites is 1. The Morgan fingerprint density at radius 2 is 1.81 bits per heavy atom. The van der Waals surface area contributed by atoms with Gasteiger partial charge in [-0.25, -0.2) is 0 Å². The van der Waals surface area contributed by atoms with Gasteiger partial charge in [0.1, 0.15) is 5.56 Å². The predicted octanol–water partition coefficient (Wildman–Crippen LogP) is 4.56. The van der Waals surface area contributed by atoms with Crippen LogP contribution < -0.4 is 5.56 Å². The normalized spacial score (nSPS) is 14.3. The lowest BCUT2D eigenvalue weighted by molar-refractivity contribution is 0.432. The van der Waals surface area contributed by atoms with Gasteiger partial charge >= 0.3 is 0 Å². The summed E-state index contributed by atoms with van der Waals surface area (Å²) in [7, 11) is 0. The molecule has 0 saturated heterocycles. The first kappa shape index (κ1) is 17.2. The fraction of sp³-hybridized carbons (Fsp3) is 0.0952. The van der Waals surface area contributed by atoms with E-state index in [0.717, 1.165) is 28.1 Å².